The van der Waals surface area contributed by atoms with Crippen molar-refractivity contribution in [2.24, 2.45) is 0 Å². The number of hydrogen-bond acceptors (Lipinski definition) is 7. The minimum atomic E-state index is -0.774. The van der Waals surface area contributed by atoms with Crippen LogP contribution in [0.4, 0.5) is 29.7 Å². The molecular weight excluding hydrogens is 530 g/mol. The van der Waals surface area contributed by atoms with Gasteiger partial charge in [0, 0.05) is 24.2 Å². The van der Waals surface area contributed by atoms with Gasteiger partial charge < -0.3 is 20.1 Å². The first kappa shape index (κ1) is 26.6. The zero-order chi connectivity index (χ0) is 28.4. The van der Waals surface area contributed by atoms with Crippen molar-refractivity contribution in [2.45, 2.75) is 19.1 Å². The Labute approximate surface area is 226 Å². The molecule has 0 spiro atoms. The van der Waals surface area contributed by atoms with E-state index in [9.17, 15) is 19.2 Å². The van der Waals surface area contributed by atoms with Gasteiger partial charge >= 0.3 is 12.2 Å². The molecule has 2 atom stereocenters. The topological polar surface area (TPSA) is 146 Å². The third-order valence-electron chi connectivity index (χ3n) is 6.40. The highest BCUT2D eigenvalue weighted by atomic mass is 19.1. The number of benzene rings is 2. The Morgan fingerprint density at radius 2 is 1.45 bits per heavy atom. The molecule has 3 N–H and O–H groups in total. The van der Waals surface area contributed by atoms with E-state index in [0.29, 0.717) is 5.56 Å². The molecule has 0 bridgehead atoms. The summed E-state index contributed by atoms with van der Waals surface area (Å²) in [6, 6.07) is 7.82. The maximum Gasteiger partial charge on any atom is 0.414 e. The van der Waals surface area contributed by atoms with Crippen LogP contribution in [0, 0.1) is 11.6 Å². The molecule has 2 aromatic carbocycles. The van der Waals surface area contributed by atoms with E-state index in [-0.39, 0.29) is 54.6 Å². The van der Waals surface area contributed by atoms with Crippen LogP contribution in [0.2, 0.25) is 0 Å². The quantitative estimate of drug-likeness (QED) is 0.388. The first-order valence-electron chi connectivity index (χ1n) is 12.3. The lowest BCUT2D eigenvalue weighted by molar-refractivity contribution is -0.119. The van der Waals surface area contributed by atoms with E-state index >= 15 is 8.78 Å². The maximum atomic E-state index is 15.1. The van der Waals surface area contributed by atoms with Crippen LogP contribution >= 0.6 is 0 Å². The highest BCUT2D eigenvalue weighted by Crippen LogP contribution is 2.33. The van der Waals surface area contributed by atoms with Crippen molar-refractivity contribution < 1.29 is 37.4 Å². The van der Waals surface area contributed by atoms with Crippen molar-refractivity contribution >= 4 is 35.4 Å². The summed E-state index contributed by atoms with van der Waals surface area (Å²) in [4.78, 5) is 50.2. The van der Waals surface area contributed by atoms with E-state index in [1.165, 1.54) is 53.4 Å². The summed E-state index contributed by atoms with van der Waals surface area (Å²) in [6.45, 7) is 1.69. The molecule has 2 aliphatic rings. The van der Waals surface area contributed by atoms with Gasteiger partial charge in [-0.15, -0.1) is 0 Å². The molecule has 0 unspecified atom stereocenters. The average molecular weight is 555 g/mol. The monoisotopic (exact) mass is 554 g/mol. The Balaban J connectivity index is 1.24. The summed E-state index contributed by atoms with van der Waals surface area (Å²) in [5, 5.41) is 11.4. The molecule has 1 aromatic heterocycles. The summed E-state index contributed by atoms with van der Waals surface area (Å²) >= 11 is 0. The van der Waals surface area contributed by atoms with E-state index in [2.05, 4.69) is 20.8 Å². The third kappa shape index (κ3) is 5.55. The van der Waals surface area contributed by atoms with E-state index in [1.807, 2.05) is 0 Å². The second kappa shape index (κ2) is 11.0. The molecule has 12 nitrogen and oxygen atoms in total. The molecule has 2 fully saturated rings. The number of amides is 4. The molecule has 0 radical (unpaired) electrons. The Bertz CT molecular complexity index is 1470. The molecule has 14 heteroatoms. The lowest BCUT2D eigenvalue weighted by Gasteiger charge is -2.16. The number of aromatic nitrogens is 2. The zero-order valence-electron chi connectivity index (χ0n) is 21.1. The van der Waals surface area contributed by atoms with Gasteiger partial charge in [0.15, 0.2) is 0 Å². The zero-order valence-corrected chi connectivity index (χ0v) is 21.1. The molecule has 2 saturated heterocycles. The van der Waals surface area contributed by atoms with Gasteiger partial charge in [0.25, 0.3) is 5.91 Å². The lowest BCUT2D eigenvalue weighted by Crippen LogP contribution is -2.34. The molecule has 0 aliphatic carbocycles. The van der Waals surface area contributed by atoms with Crippen LogP contribution in [0.15, 0.2) is 48.8 Å². The first-order valence-corrected chi connectivity index (χ1v) is 12.3. The fourth-order valence-corrected chi connectivity index (χ4v) is 4.40. The summed E-state index contributed by atoms with van der Waals surface area (Å²) in [5.74, 6) is -2.20. The smallest absolute Gasteiger partial charge is 0.414 e. The SMILES string of the molecule is CC(=O)NC[C@H]1CN(c2ccc(-c3ccc(N4C[C@H](CNC(=O)c5cn[nH]c5)OC4=O)cc3F)c(F)c2)C(=O)O1. The van der Waals surface area contributed by atoms with E-state index in [1.54, 1.807) is 0 Å². The Kier molecular flexibility index (Phi) is 7.31. The number of nitrogens with zero attached hydrogens (tertiary/aromatic N) is 3. The number of cyclic esters (lactones) is 2. The Hall–Kier alpha value is -5.01. The van der Waals surface area contributed by atoms with E-state index < -0.39 is 41.9 Å². The van der Waals surface area contributed by atoms with Crippen molar-refractivity contribution in [3.8, 4) is 11.1 Å². The second-order valence-electron chi connectivity index (χ2n) is 9.20. The van der Waals surface area contributed by atoms with Crippen LogP contribution in [0.25, 0.3) is 11.1 Å². The normalized spacial score (nSPS) is 18.5. The number of H-pyrrole nitrogens is 1. The molecule has 40 heavy (non-hydrogen) atoms. The van der Waals surface area contributed by atoms with Gasteiger partial charge in [-0.3, -0.25) is 24.5 Å². The van der Waals surface area contributed by atoms with Crippen LogP contribution in [0.3, 0.4) is 0 Å². The van der Waals surface area contributed by atoms with Gasteiger partial charge in [0.05, 0.1) is 49.3 Å². The van der Waals surface area contributed by atoms with Gasteiger partial charge in [0.2, 0.25) is 5.91 Å². The molecular formula is C26H24F2N6O6. The fraction of sp³-hybridized carbons (Fsp3) is 0.269. The number of aromatic amines is 1. The van der Waals surface area contributed by atoms with Crippen molar-refractivity contribution in [1.82, 2.24) is 20.8 Å². The number of carbonyl (C=O) groups is 4. The van der Waals surface area contributed by atoms with Crippen LogP contribution < -0.4 is 20.4 Å². The number of ether oxygens (including phenoxy) is 2. The lowest BCUT2D eigenvalue weighted by atomic mass is 10.0. The second-order valence-corrected chi connectivity index (χ2v) is 9.20. The summed E-state index contributed by atoms with van der Waals surface area (Å²) in [6.07, 6.45) is 0.138. The molecule has 4 amide bonds. The maximum absolute atomic E-state index is 15.1. The third-order valence-corrected chi connectivity index (χ3v) is 6.40. The van der Waals surface area contributed by atoms with Gasteiger partial charge in [-0.2, -0.15) is 5.10 Å². The largest absolute Gasteiger partial charge is 0.442 e. The molecule has 3 aromatic rings. The molecule has 5 rings (SSSR count). The van der Waals surface area contributed by atoms with E-state index in [0.717, 1.165) is 12.1 Å². The summed E-state index contributed by atoms with van der Waals surface area (Å²) in [5.41, 5.74) is 0.665. The Morgan fingerprint density at radius 1 is 0.925 bits per heavy atom. The van der Waals surface area contributed by atoms with Crippen molar-refractivity contribution in [2.75, 3.05) is 36.0 Å². The fourth-order valence-electron chi connectivity index (χ4n) is 4.40. The number of nitrogens with one attached hydrogen (secondary N) is 3. The van der Waals surface area contributed by atoms with Crippen LogP contribution in [0.1, 0.15) is 17.3 Å². The van der Waals surface area contributed by atoms with E-state index in [4.69, 9.17) is 9.47 Å². The first-order chi connectivity index (χ1) is 19.2. The molecule has 208 valence electrons. The van der Waals surface area contributed by atoms with Crippen LogP contribution in [-0.4, -0.2) is 72.6 Å². The van der Waals surface area contributed by atoms with Crippen molar-refractivity contribution in [3.63, 3.8) is 0 Å². The summed E-state index contributed by atoms with van der Waals surface area (Å²) in [7, 11) is 0. The average Bonchev–Trinajstić information content (AvgIpc) is 3.67. The van der Waals surface area contributed by atoms with Gasteiger partial charge in [-0.25, -0.2) is 18.4 Å². The van der Waals surface area contributed by atoms with Gasteiger partial charge in [-0.05, 0) is 36.4 Å². The number of anilines is 2. The number of carbonyl (C=O) groups excluding carboxylic acids is 4. The molecule has 2 aliphatic heterocycles. The highest BCUT2D eigenvalue weighted by Gasteiger charge is 2.34. The summed E-state index contributed by atoms with van der Waals surface area (Å²) < 4.78 is 40.7. The number of hydrogen-bond donors (Lipinski definition) is 3. The van der Waals surface area contributed by atoms with Crippen LogP contribution in [-0.2, 0) is 14.3 Å². The number of rotatable bonds is 8. The molecule has 3 heterocycles. The Morgan fingerprint density at radius 3 is 1.90 bits per heavy atom. The van der Waals surface area contributed by atoms with Crippen LogP contribution in [0.5, 0.6) is 0 Å². The highest BCUT2D eigenvalue weighted by molar-refractivity contribution is 5.94. The number of halogens is 2. The van der Waals surface area contributed by atoms with Crippen molar-refractivity contribution in [3.05, 3.63) is 66.0 Å². The predicted molar refractivity (Wildman–Crippen MR) is 137 cm³/mol. The standard InChI is InChI=1S/C26H24F2N6O6/c1-14(35)29-10-18-12-33(25(37)39-18)16-2-4-20(22(27)6-16)21-5-3-17(7-23(21)28)34-13-19(40-26(34)38)11-30-24(36)15-8-31-32-9-15/h2-9,18-19H,10-13H2,1H3,(H,29,35)(H,30,36)(H,31,32)/t18-,19-/m0/s1. The van der Waals surface area contributed by atoms with Gasteiger partial charge in [0.1, 0.15) is 23.8 Å². The van der Waals surface area contributed by atoms with Gasteiger partial charge in [-0.1, -0.05) is 0 Å². The van der Waals surface area contributed by atoms with Crippen molar-refractivity contribution in [1.29, 1.82) is 0 Å². The minimum Gasteiger partial charge on any atom is -0.442 e. The molecule has 0 saturated carbocycles. The minimum absolute atomic E-state index is 0.0426. The predicted octanol–water partition coefficient (Wildman–Crippen LogP) is 2.57.